The molecule has 0 atom stereocenters. The first-order chi connectivity index (χ1) is 10.1. The van der Waals surface area contributed by atoms with Gasteiger partial charge in [0.25, 0.3) is 5.91 Å². The third kappa shape index (κ3) is 4.39. The molecule has 2 rings (SSSR count). The molecule has 0 radical (unpaired) electrons. The van der Waals surface area contributed by atoms with E-state index >= 15 is 0 Å². The molecular weight excluding hydrogens is 352 g/mol. The van der Waals surface area contributed by atoms with E-state index in [0.29, 0.717) is 4.88 Å². The topological polar surface area (TPSA) is 50.2 Å². The second-order valence-corrected chi connectivity index (χ2v) is 6.34. The van der Waals surface area contributed by atoms with E-state index in [2.05, 4.69) is 45.1 Å². The zero-order valence-corrected chi connectivity index (χ0v) is 14.6. The van der Waals surface area contributed by atoms with Crippen molar-refractivity contribution in [1.29, 1.82) is 0 Å². The van der Waals surface area contributed by atoms with Gasteiger partial charge in [0, 0.05) is 17.2 Å². The smallest absolute Gasteiger partial charge is 0.266 e. The highest BCUT2D eigenvalue weighted by Gasteiger charge is 2.12. The average molecular weight is 371 g/mol. The summed E-state index contributed by atoms with van der Waals surface area (Å²) in [5.74, 6) is -0.111. The summed E-state index contributed by atoms with van der Waals surface area (Å²) >= 11 is 4.78. The zero-order valence-electron chi connectivity index (χ0n) is 12.2. The Morgan fingerprint density at radius 3 is 2.86 bits per heavy atom. The van der Waals surface area contributed by atoms with E-state index in [-0.39, 0.29) is 5.91 Å². The molecule has 0 fully saturated rings. The SMILES string of the molecule is CCN(CC)CCn1cc(NC(=O)c2sccc2Br)cn1. The molecular formula is C14H19BrN4OS. The van der Waals surface area contributed by atoms with Gasteiger partial charge in [0.05, 0.1) is 18.4 Å². The Balaban J connectivity index is 1.91. The first-order valence-corrected chi connectivity index (χ1v) is 8.60. The Labute approximate surface area is 137 Å². The number of carbonyl (C=O) groups is 1. The lowest BCUT2D eigenvalue weighted by molar-refractivity contribution is 0.103. The minimum absolute atomic E-state index is 0.111. The monoisotopic (exact) mass is 370 g/mol. The van der Waals surface area contributed by atoms with Crippen molar-refractivity contribution in [2.75, 3.05) is 25.0 Å². The summed E-state index contributed by atoms with van der Waals surface area (Å²) < 4.78 is 2.68. The molecule has 1 N–H and O–H groups in total. The number of likely N-dealkylation sites (N-methyl/N-ethyl adjacent to an activating group) is 1. The third-order valence-corrected chi connectivity index (χ3v) is 5.09. The van der Waals surface area contributed by atoms with Gasteiger partial charge >= 0.3 is 0 Å². The van der Waals surface area contributed by atoms with Crippen molar-refractivity contribution in [1.82, 2.24) is 14.7 Å². The van der Waals surface area contributed by atoms with Crippen molar-refractivity contribution < 1.29 is 4.79 Å². The molecule has 2 aromatic rings. The first-order valence-electron chi connectivity index (χ1n) is 6.93. The Hall–Kier alpha value is -1.18. The van der Waals surface area contributed by atoms with Crippen LogP contribution in [0.1, 0.15) is 23.5 Å². The van der Waals surface area contributed by atoms with Crippen molar-refractivity contribution in [2.24, 2.45) is 0 Å². The van der Waals surface area contributed by atoms with Crippen molar-refractivity contribution in [3.05, 3.63) is 33.2 Å². The number of rotatable bonds is 7. The fourth-order valence-electron chi connectivity index (χ4n) is 1.98. The second kappa shape index (κ2) is 7.72. The Morgan fingerprint density at radius 1 is 1.48 bits per heavy atom. The molecule has 0 aliphatic heterocycles. The van der Waals surface area contributed by atoms with Gasteiger partial charge in [-0.25, -0.2) is 0 Å². The van der Waals surface area contributed by atoms with Crippen molar-refractivity contribution in [3.63, 3.8) is 0 Å². The van der Waals surface area contributed by atoms with Gasteiger partial charge in [0.2, 0.25) is 0 Å². The molecule has 0 saturated heterocycles. The predicted molar refractivity (Wildman–Crippen MR) is 90.0 cm³/mol. The van der Waals surface area contributed by atoms with Crippen molar-refractivity contribution >= 4 is 38.9 Å². The molecule has 0 aromatic carbocycles. The van der Waals surface area contributed by atoms with E-state index in [9.17, 15) is 4.79 Å². The Morgan fingerprint density at radius 2 is 2.24 bits per heavy atom. The van der Waals surface area contributed by atoms with Crippen LogP contribution < -0.4 is 5.32 Å². The summed E-state index contributed by atoms with van der Waals surface area (Å²) in [6.45, 7) is 8.15. The predicted octanol–water partition coefficient (Wildman–Crippen LogP) is 3.30. The number of thiophene rings is 1. The molecule has 0 unspecified atom stereocenters. The maximum absolute atomic E-state index is 12.1. The normalized spacial score (nSPS) is 11.0. The van der Waals surface area contributed by atoms with Gasteiger partial charge < -0.3 is 10.2 Å². The van der Waals surface area contributed by atoms with Crippen LogP contribution in [0.25, 0.3) is 0 Å². The number of aromatic nitrogens is 2. The van der Waals surface area contributed by atoms with Gasteiger partial charge in [0.15, 0.2) is 0 Å². The lowest BCUT2D eigenvalue weighted by atomic mass is 10.4. The van der Waals surface area contributed by atoms with Crippen LogP contribution in [-0.2, 0) is 6.54 Å². The summed E-state index contributed by atoms with van der Waals surface area (Å²) in [5, 5.41) is 9.03. The molecule has 0 spiro atoms. The number of hydrogen-bond acceptors (Lipinski definition) is 4. The minimum atomic E-state index is -0.111. The highest BCUT2D eigenvalue weighted by Crippen LogP contribution is 2.23. The molecule has 0 saturated carbocycles. The maximum Gasteiger partial charge on any atom is 0.266 e. The Kier molecular flexibility index (Phi) is 5.96. The number of amides is 1. The van der Waals surface area contributed by atoms with Crippen LogP contribution in [0, 0.1) is 0 Å². The van der Waals surface area contributed by atoms with E-state index in [1.807, 2.05) is 22.3 Å². The van der Waals surface area contributed by atoms with Crippen molar-refractivity contribution in [2.45, 2.75) is 20.4 Å². The number of nitrogens with one attached hydrogen (secondary N) is 1. The van der Waals surface area contributed by atoms with Gasteiger partial charge in [0.1, 0.15) is 4.88 Å². The van der Waals surface area contributed by atoms with Gasteiger partial charge in [-0.2, -0.15) is 5.10 Å². The van der Waals surface area contributed by atoms with Crippen LogP contribution in [0.4, 0.5) is 5.69 Å². The number of carbonyl (C=O) groups excluding carboxylic acids is 1. The molecule has 1 amide bonds. The fraction of sp³-hybridized carbons (Fsp3) is 0.429. The van der Waals surface area contributed by atoms with E-state index < -0.39 is 0 Å². The zero-order chi connectivity index (χ0) is 15.2. The molecule has 0 aliphatic rings. The largest absolute Gasteiger partial charge is 0.319 e. The highest BCUT2D eigenvalue weighted by molar-refractivity contribution is 9.10. The molecule has 7 heteroatoms. The van der Waals surface area contributed by atoms with Crippen LogP contribution >= 0.6 is 27.3 Å². The average Bonchev–Trinajstić information content (AvgIpc) is 3.09. The molecule has 0 bridgehead atoms. The summed E-state index contributed by atoms with van der Waals surface area (Å²) in [7, 11) is 0. The highest BCUT2D eigenvalue weighted by atomic mass is 79.9. The lowest BCUT2D eigenvalue weighted by Gasteiger charge is -2.17. The van der Waals surface area contributed by atoms with Gasteiger partial charge in [-0.1, -0.05) is 13.8 Å². The van der Waals surface area contributed by atoms with Crippen LogP contribution in [0.15, 0.2) is 28.3 Å². The fourth-order valence-corrected chi connectivity index (χ4v) is 3.42. The summed E-state index contributed by atoms with van der Waals surface area (Å²) in [4.78, 5) is 15.1. The van der Waals surface area contributed by atoms with Crippen LogP contribution in [-0.4, -0.2) is 40.2 Å². The molecule has 2 heterocycles. The number of nitrogens with zero attached hydrogens (tertiary/aromatic N) is 3. The molecule has 2 aromatic heterocycles. The molecule has 5 nitrogen and oxygen atoms in total. The van der Waals surface area contributed by atoms with E-state index in [1.165, 1.54) is 11.3 Å². The molecule has 21 heavy (non-hydrogen) atoms. The second-order valence-electron chi connectivity index (χ2n) is 4.57. The van der Waals surface area contributed by atoms with Gasteiger partial charge in [-0.15, -0.1) is 11.3 Å². The summed E-state index contributed by atoms with van der Waals surface area (Å²) in [6.07, 6.45) is 3.55. The number of anilines is 1. The third-order valence-electron chi connectivity index (χ3n) is 3.25. The van der Waals surface area contributed by atoms with Crippen LogP contribution in [0.5, 0.6) is 0 Å². The van der Waals surface area contributed by atoms with Crippen molar-refractivity contribution in [3.8, 4) is 0 Å². The minimum Gasteiger partial charge on any atom is -0.319 e. The number of halogens is 1. The first kappa shape index (κ1) is 16.2. The van der Waals surface area contributed by atoms with E-state index in [1.54, 1.807) is 6.20 Å². The number of hydrogen-bond donors (Lipinski definition) is 1. The quantitative estimate of drug-likeness (QED) is 0.813. The summed E-state index contributed by atoms with van der Waals surface area (Å²) in [6, 6.07) is 1.87. The van der Waals surface area contributed by atoms with Crippen LogP contribution in [0.2, 0.25) is 0 Å². The van der Waals surface area contributed by atoms with Crippen LogP contribution in [0.3, 0.4) is 0 Å². The van der Waals surface area contributed by atoms with Gasteiger partial charge in [-0.3, -0.25) is 9.48 Å². The standard InChI is InChI=1S/C14H19BrN4OS/c1-3-18(4-2)6-7-19-10-11(9-16-19)17-14(20)13-12(15)5-8-21-13/h5,8-10H,3-4,6-7H2,1-2H3,(H,17,20). The van der Waals surface area contributed by atoms with Gasteiger partial charge in [-0.05, 0) is 40.5 Å². The lowest BCUT2D eigenvalue weighted by Crippen LogP contribution is -2.27. The maximum atomic E-state index is 12.1. The van der Waals surface area contributed by atoms with E-state index in [0.717, 1.165) is 36.3 Å². The molecule has 114 valence electrons. The van der Waals surface area contributed by atoms with E-state index in [4.69, 9.17) is 0 Å². The summed E-state index contributed by atoms with van der Waals surface area (Å²) in [5.41, 5.74) is 0.722. The Bertz CT molecular complexity index is 591. The molecule has 0 aliphatic carbocycles.